The zero-order valence-electron chi connectivity index (χ0n) is 16.6. The molecule has 3 nitrogen and oxygen atoms in total. The zero-order valence-corrected chi connectivity index (χ0v) is 17.3. The molecule has 4 heteroatoms. The van der Waals surface area contributed by atoms with E-state index in [1.807, 2.05) is 13.1 Å². The van der Waals surface area contributed by atoms with Gasteiger partial charge in [0.1, 0.15) is 0 Å². The fraction of sp³-hybridized carbons (Fsp3) is 0.762. The Morgan fingerprint density at radius 2 is 2.00 bits per heavy atom. The van der Waals surface area contributed by atoms with Crippen LogP contribution in [0.15, 0.2) is 28.9 Å². The fourth-order valence-corrected chi connectivity index (χ4v) is 3.57. The number of nitrogens with zero attached hydrogens (tertiary/aromatic N) is 2. The van der Waals surface area contributed by atoms with Crippen LogP contribution in [0.1, 0.15) is 65.2 Å². The second-order valence-electron chi connectivity index (χ2n) is 7.14. The van der Waals surface area contributed by atoms with Gasteiger partial charge in [-0.1, -0.05) is 44.4 Å². The van der Waals surface area contributed by atoms with Crippen LogP contribution in [0.3, 0.4) is 0 Å². The molecule has 0 aromatic carbocycles. The summed E-state index contributed by atoms with van der Waals surface area (Å²) >= 11 is 5.77. The number of alkyl halides is 1. The van der Waals surface area contributed by atoms with Gasteiger partial charge in [-0.15, -0.1) is 11.6 Å². The second-order valence-corrected chi connectivity index (χ2v) is 7.45. The van der Waals surface area contributed by atoms with Gasteiger partial charge in [0.2, 0.25) is 0 Å². The fourth-order valence-electron chi connectivity index (χ4n) is 3.44. The zero-order chi connectivity index (χ0) is 18.3. The van der Waals surface area contributed by atoms with Crippen molar-refractivity contribution in [1.82, 2.24) is 10.3 Å². The van der Waals surface area contributed by atoms with Gasteiger partial charge in [0.15, 0.2) is 0 Å². The molecule has 1 fully saturated rings. The van der Waals surface area contributed by atoms with Crippen LogP contribution < -0.4 is 5.32 Å². The molecule has 0 aromatic rings. The van der Waals surface area contributed by atoms with E-state index in [0.29, 0.717) is 5.88 Å². The van der Waals surface area contributed by atoms with E-state index in [1.165, 1.54) is 43.4 Å². The van der Waals surface area contributed by atoms with Crippen molar-refractivity contribution in [3.8, 4) is 0 Å². The summed E-state index contributed by atoms with van der Waals surface area (Å²) < 4.78 is 0. The molecule has 1 aliphatic rings. The molecule has 1 aliphatic carbocycles. The predicted molar refractivity (Wildman–Crippen MR) is 113 cm³/mol. The van der Waals surface area contributed by atoms with Crippen LogP contribution in [0.2, 0.25) is 0 Å². The third-order valence-corrected chi connectivity index (χ3v) is 4.93. The van der Waals surface area contributed by atoms with Crippen molar-refractivity contribution in [1.29, 1.82) is 0 Å². The lowest BCUT2D eigenvalue weighted by Gasteiger charge is -2.29. The summed E-state index contributed by atoms with van der Waals surface area (Å²) in [6, 6.07) is 0. The van der Waals surface area contributed by atoms with E-state index in [2.05, 4.69) is 36.3 Å². The molecule has 1 saturated carbocycles. The molecule has 0 heterocycles. The van der Waals surface area contributed by atoms with Gasteiger partial charge in [0.05, 0.1) is 6.54 Å². The van der Waals surface area contributed by atoms with Crippen molar-refractivity contribution in [3.63, 3.8) is 0 Å². The van der Waals surface area contributed by atoms with Gasteiger partial charge < -0.3 is 5.32 Å². The highest BCUT2D eigenvalue weighted by Gasteiger charge is 2.17. The summed E-state index contributed by atoms with van der Waals surface area (Å²) in [6.45, 7) is 7.38. The van der Waals surface area contributed by atoms with E-state index in [1.54, 1.807) is 0 Å². The minimum absolute atomic E-state index is 0.590. The molecule has 1 rings (SSSR count). The van der Waals surface area contributed by atoms with E-state index in [9.17, 15) is 0 Å². The molecule has 0 aliphatic heterocycles. The normalized spacial score (nSPS) is 17.4. The Morgan fingerprint density at radius 1 is 1.24 bits per heavy atom. The van der Waals surface area contributed by atoms with Crippen LogP contribution in [0.5, 0.6) is 0 Å². The topological polar surface area (TPSA) is 27.6 Å². The summed E-state index contributed by atoms with van der Waals surface area (Å²) in [5.74, 6) is 1.39. The first-order valence-electron chi connectivity index (χ1n) is 10.0. The highest BCUT2D eigenvalue weighted by atomic mass is 35.5. The Hall–Kier alpha value is -0.800. The van der Waals surface area contributed by atoms with Gasteiger partial charge in [-0.3, -0.25) is 5.01 Å². The Balaban J connectivity index is 2.75. The lowest BCUT2D eigenvalue weighted by molar-refractivity contribution is 0.219. The molecule has 0 saturated heterocycles. The number of halogens is 1. The molecule has 144 valence electrons. The molecule has 25 heavy (non-hydrogen) atoms. The Bertz CT molecular complexity index is 423. The highest BCUT2D eigenvalue weighted by Crippen LogP contribution is 2.25. The van der Waals surface area contributed by atoms with Crippen LogP contribution >= 0.6 is 11.6 Å². The minimum Gasteiger partial charge on any atom is -0.319 e. The van der Waals surface area contributed by atoms with Crippen molar-refractivity contribution in [3.05, 3.63) is 23.8 Å². The maximum Gasteiger partial charge on any atom is 0.0573 e. The standard InChI is InChI=1S/C21H38ClN3/c1-4-10-20(13-8-9-15-22)17-25(24-19(2)14-16-23-3)18-21-11-6-5-7-12-21/h8-10,21,23H,4-7,11-18H2,1-3H3/b9-8-,20-10+,24-19+. The molecule has 0 spiro atoms. The molecular formula is C21H38ClN3. The van der Waals surface area contributed by atoms with Crippen LogP contribution in [0.4, 0.5) is 0 Å². The molecule has 0 aromatic heterocycles. The van der Waals surface area contributed by atoms with E-state index >= 15 is 0 Å². The van der Waals surface area contributed by atoms with Crippen molar-refractivity contribution in [2.75, 3.05) is 32.6 Å². The molecule has 0 radical (unpaired) electrons. The highest BCUT2D eigenvalue weighted by molar-refractivity contribution is 6.18. The maximum atomic E-state index is 5.77. The van der Waals surface area contributed by atoms with Crippen LogP contribution in [-0.2, 0) is 0 Å². The Kier molecular flexibility index (Phi) is 12.8. The molecule has 0 bridgehead atoms. The predicted octanol–water partition coefficient (Wildman–Crippen LogP) is 5.38. The number of hydrogen-bond acceptors (Lipinski definition) is 3. The third-order valence-electron chi connectivity index (χ3n) is 4.76. The van der Waals surface area contributed by atoms with Crippen molar-refractivity contribution < 1.29 is 0 Å². The number of nitrogens with one attached hydrogen (secondary N) is 1. The van der Waals surface area contributed by atoms with Gasteiger partial charge in [-0.2, -0.15) is 5.10 Å². The Morgan fingerprint density at radius 3 is 2.64 bits per heavy atom. The smallest absolute Gasteiger partial charge is 0.0573 e. The largest absolute Gasteiger partial charge is 0.319 e. The summed E-state index contributed by atoms with van der Waals surface area (Å²) in [7, 11) is 2.00. The molecule has 0 atom stereocenters. The number of hydrazone groups is 1. The van der Waals surface area contributed by atoms with Crippen LogP contribution in [0, 0.1) is 5.92 Å². The van der Waals surface area contributed by atoms with Crippen LogP contribution in [0.25, 0.3) is 0 Å². The van der Waals surface area contributed by atoms with E-state index < -0.39 is 0 Å². The average Bonchev–Trinajstić information content (AvgIpc) is 2.61. The SMILES string of the molecule is CC/C=C(\C/C=C\CCl)CN(CC1CCCCC1)/N=C(\C)CCNC. The summed E-state index contributed by atoms with van der Waals surface area (Å²) in [5, 5.41) is 10.5. The van der Waals surface area contributed by atoms with Crippen LogP contribution in [-0.4, -0.2) is 43.3 Å². The second kappa shape index (κ2) is 14.4. The lowest BCUT2D eigenvalue weighted by Crippen LogP contribution is -2.29. The first-order valence-corrected chi connectivity index (χ1v) is 10.6. The summed E-state index contributed by atoms with van der Waals surface area (Å²) in [4.78, 5) is 0. The molecular weight excluding hydrogens is 330 g/mol. The summed E-state index contributed by atoms with van der Waals surface area (Å²) in [5.41, 5.74) is 2.67. The van der Waals surface area contributed by atoms with E-state index in [0.717, 1.165) is 44.8 Å². The lowest BCUT2D eigenvalue weighted by atomic mass is 9.89. The quantitative estimate of drug-likeness (QED) is 0.217. The number of hydrogen-bond donors (Lipinski definition) is 1. The first-order chi connectivity index (χ1) is 12.2. The number of rotatable bonds is 12. The van der Waals surface area contributed by atoms with Gasteiger partial charge >= 0.3 is 0 Å². The van der Waals surface area contributed by atoms with E-state index in [4.69, 9.17) is 16.7 Å². The van der Waals surface area contributed by atoms with Crippen molar-refractivity contribution in [2.24, 2.45) is 11.0 Å². The third kappa shape index (κ3) is 10.7. The van der Waals surface area contributed by atoms with Gasteiger partial charge in [0.25, 0.3) is 0 Å². The van der Waals surface area contributed by atoms with E-state index in [-0.39, 0.29) is 0 Å². The van der Waals surface area contributed by atoms with Crippen molar-refractivity contribution in [2.45, 2.75) is 65.2 Å². The Labute approximate surface area is 160 Å². The molecule has 1 N–H and O–H groups in total. The van der Waals surface area contributed by atoms with Gasteiger partial charge in [-0.05, 0) is 57.6 Å². The first kappa shape index (κ1) is 22.2. The number of allylic oxidation sites excluding steroid dienone is 3. The average molecular weight is 368 g/mol. The summed E-state index contributed by atoms with van der Waals surface area (Å²) in [6.07, 6.45) is 16.5. The minimum atomic E-state index is 0.590. The maximum absolute atomic E-state index is 5.77. The van der Waals surface area contributed by atoms with Gasteiger partial charge in [0, 0.05) is 24.7 Å². The molecule has 0 amide bonds. The van der Waals surface area contributed by atoms with Crippen molar-refractivity contribution >= 4 is 17.3 Å². The molecule has 0 unspecified atom stereocenters. The van der Waals surface area contributed by atoms with Gasteiger partial charge in [-0.25, -0.2) is 0 Å². The monoisotopic (exact) mass is 367 g/mol.